The van der Waals surface area contributed by atoms with Crippen LogP contribution in [-0.4, -0.2) is 44.4 Å². The molecule has 0 aliphatic carbocycles. The average molecular weight is 305 g/mol. The molecule has 0 bridgehead atoms. The van der Waals surface area contributed by atoms with Gasteiger partial charge in [0.25, 0.3) is 0 Å². The van der Waals surface area contributed by atoms with Crippen molar-refractivity contribution in [2.45, 2.75) is 39.8 Å². The number of nitrogens with one attached hydrogen (secondary N) is 1. The highest BCUT2D eigenvalue weighted by Gasteiger charge is 2.22. The van der Waals surface area contributed by atoms with Crippen molar-refractivity contribution in [1.29, 1.82) is 0 Å². The van der Waals surface area contributed by atoms with E-state index in [-0.39, 0.29) is 5.82 Å². The van der Waals surface area contributed by atoms with Crippen LogP contribution >= 0.6 is 0 Å². The molecular weight excluding hydrogens is 282 g/mol. The maximum absolute atomic E-state index is 11.3. The zero-order valence-electron chi connectivity index (χ0n) is 13.5. The van der Waals surface area contributed by atoms with Crippen LogP contribution in [0.5, 0.6) is 0 Å². The van der Waals surface area contributed by atoms with Gasteiger partial charge in [0.05, 0.1) is 6.20 Å². The Bertz CT molecular complexity index is 642. The standard InChI is InChI=1S/C15H23N5O2/c1-11(2)18(12(3)4)10-8-16-14-15(20(21)22)19-9-6-5-7-13(19)17-14/h5-7,9,11-12,16H,8,10H2,1-4H3. The number of hydrogen-bond donors (Lipinski definition) is 1. The summed E-state index contributed by atoms with van der Waals surface area (Å²) in [5.74, 6) is 0.305. The van der Waals surface area contributed by atoms with Crippen LogP contribution in [0.3, 0.4) is 0 Å². The van der Waals surface area contributed by atoms with Crippen LogP contribution in [0.4, 0.5) is 11.6 Å². The molecule has 2 rings (SSSR count). The fraction of sp³-hybridized carbons (Fsp3) is 0.533. The molecule has 22 heavy (non-hydrogen) atoms. The van der Waals surface area contributed by atoms with Gasteiger partial charge in [0.2, 0.25) is 11.5 Å². The minimum Gasteiger partial charge on any atom is -0.362 e. The Labute approximate surface area is 130 Å². The summed E-state index contributed by atoms with van der Waals surface area (Å²) in [6, 6.07) is 6.18. The summed E-state index contributed by atoms with van der Waals surface area (Å²) in [7, 11) is 0. The lowest BCUT2D eigenvalue weighted by atomic mass is 10.2. The molecule has 0 fully saturated rings. The molecule has 0 saturated carbocycles. The summed E-state index contributed by atoms with van der Waals surface area (Å²) in [5.41, 5.74) is 0.571. The highest BCUT2D eigenvalue weighted by Crippen LogP contribution is 2.24. The predicted octanol–water partition coefficient (Wildman–Crippen LogP) is 2.77. The van der Waals surface area contributed by atoms with Gasteiger partial charge in [0.1, 0.15) is 0 Å². The normalized spacial score (nSPS) is 11.8. The van der Waals surface area contributed by atoms with E-state index in [4.69, 9.17) is 0 Å². The first kappa shape index (κ1) is 16.2. The molecular formula is C15H23N5O2. The first-order valence-electron chi connectivity index (χ1n) is 7.53. The summed E-state index contributed by atoms with van der Waals surface area (Å²) in [6.07, 6.45) is 1.65. The van der Waals surface area contributed by atoms with E-state index < -0.39 is 4.92 Å². The summed E-state index contributed by atoms with van der Waals surface area (Å²) in [4.78, 5) is 17.5. The van der Waals surface area contributed by atoms with Crippen LogP contribution in [0.15, 0.2) is 24.4 Å². The van der Waals surface area contributed by atoms with Gasteiger partial charge in [-0.15, -0.1) is 0 Å². The van der Waals surface area contributed by atoms with E-state index in [1.54, 1.807) is 18.3 Å². The Kier molecular flexibility index (Phi) is 4.97. The van der Waals surface area contributed by atoms with Gasteiger partial charge in [-0.3, -0.25) is 4.90 Å². The van der Waals surface area contributed by atoms with Gasteiger partial charge in [0, 0.05) is 31.2 Å². The second-order valence-electron chi connectivity index (χ2n) is 5.82. The minimum atomic E-state index is -0.398. The number of rotatable bonds is 7. The lowest BCUT2D eigenvalue weighted by molar-refractivity contribution is -0.389. The van der Waals surface area contributed by atoms with Gasteiger partial charge < -0.3 is 15.4 Å². The lowest BCUT2D eigenvalue weighted by Gasteiger charge is -2.30. The quantitative estimate of drug-likeness (QED) is 0.629. The maximum Gasteiger partial charge on any atom is 0.372 e. The molecule has 2 heterocycles. The van der Waals surface area contributed by atoms with Crippen molar-refractivity contribution >= 4 is 17.3 Å². The Morgan fingerprint density at radius 2 is 2.00 bits per heavy atom. The van der Waals surface area contributed by atoms with Crippen molar-refractivity contribution in [2.24, 2.45) is 0 Å². The third-order valence-electron chi connectivity index (χ3n) is 3.67. The third kappa shape index (κ3) is 3.36. The Morgan fingerprint density at radius 3 is 2.59 bits per heavy atom. The maximum atomic E-state index is 11.3. The first-order valence-corrected chi connectivity index (χ1v) is 7.53. The van der Waals surface area contributed by atoms with Crippen molar-refractivity contribution < 1.29 is 4.92 Å². The monoisotopic (exact) mass is 305 g/mol. The number of hydrogen-bond acceptors (Lipinski definition) is 5. The average Bonchev–Trinajstić information content (AvgIpc) is 2.80. The fourth-order valence-corrected chi connectivity index (χ4v) is 2.69. The molecule has 0 radical (unpaired) electrons. The minimum absolute atomic E-state index is 0.0174. The summed E-state index contributed by atoms with van der Waals surface area (Å²) in [6.45, 7) is 10.0. The van der Waals surface area contributed by atoms with Crippen molar-refractivity contribution in [3.63, 3.8) is 0 Å². The first-order chi connectivity index (χ1) is 10.4. The van der Waals surface area contributed by atoms with Crippen molar-refractivity contribution in [3.8, 4) is 0 Å². The van der Waals surface area contributed by atoms with E-state index in [1.165, 1.54) is 4.40 Å². The molecule has 0 atom stereocenters. The van der Waals surface area contributed by atoms with E-state index in [9.17, 15) is 10.1 Å². The van der Waals surface area contributed by atoms with Crippen molar-refractivity contribution in [2.75, 3.05) is 18.4 Å². The Balaban J connectivity index is 2.15. The van der Waals surface area contributed by atoms with Gasteiger partial charge in [-0.05, 0) is 38.7 Å². The van der Waals surface area contributed by atoms with Gasteiger partial charge in [0.15, 0.2) is 0 Å². The highest BCUT2D eigenvalue weighted by molar-refractivity contribution is 5.62. The van der Waals surface area contributed by atoms with E-state index in [2.05, 4.69) is 42.9 Å². The molecule has 1 N–H and O–H groups in total. The number of anilines is 1. The second-order valence-corrected chi connectivity index (χ2v) is 5.82. The van der Waals surface area contributed by atoms with Crippen LogP contribution in [0.2, 0.25) is 0 Å². The van der Waals surface area contributed by atoms with E-state index in [0.717, 1.165) is 6.54 Å². The van der Waals surface area contributed by atoms with Crippen LogP contribution < -0.4 is 5.32 Å². The van der Waals surface area contributed by atoms with Crippen molar-refractivity contribution in [1.82, 2.24) is 14.3 Å². The molecule has 0 amide bonds. The van der Waals surface area contributed by atoms with Gasteiger partial charge in [-0.1, -0.05) is 6.07 Å². The van der Waals surface area contributed by atoms with Crippen LogP contribution in [0, 0.1) is 10.1 Å². The Morgan fingerprint density at radius 1 is 1.32 bits per heavy atom. The van der Waals surface area contributed by atoms with Gasteiger partial charge in [-0.25, -0.2) is 0 Å². The molecule has 0 unspecified atom stereocenters. The lowest BCUT2D eigenvalue weighted by Crippen LogP contribution is -2.40. The largest absolute Gasteiger partial charge is 0.372 e. The zero-order chi connectivity index (χ0) is 16.3. The summed E-state index contributed by atoms with van der Waals surface area (Å²) >= 11 is 0. The van der Waals surface area contributed by atoms with Crippen LogP contribution in [-0.2, 0) is 0 Å². The topological polar surface area (TPSA) is 75.7 Å². The van der Waals surface area contributed by atoms with E-state index in [1.807, 2.05) is 6.07 Å². The fourth-order valence-electron chi connectivity index (χ4n) is 2.69. The molecule has 7 nitrogen and oxygen atoms in total. The molecule has 7 heteroatoms. The van der Waals surface area contributed by atoms with Gasteiger partial charge >= 0.3 is 5.82 Å². The number of fused-ring (bicyclic) bond motifs is 1. The number of nitro groups is 1. The smallest absolute Gasteiger partial charge is 0.362 e. The summed E-state index contributed by atoms with van der Waals surface area (Å²) in [5, 5.41) is 14.4. The van der Waals surface area contributed by atoms with Crippen LogP contribution in [0.1, 0.15) is 27.7 Å². The Hall–Kier alpha value is -2.15. The molecule has 120 valence electrons. The molecule has 0 saturated heterocycles. The molecule has 0 spiro atoms. The molecule has 2 aromatic rings. The zero-order valence-corrected chi connectivity index (χ0v) is 13.5. The predicted molar refractivity (Wildman–Crippen MR) is 87.3 cm³/mol. The second kappa shape index (κ2) is 6.74. The molecule has 2 aromatic heterocycles. The van der Waals surface area contributed by atoms with E-state index >= 15 is 0 Å². The number of pyridine rings is 1. The highest BCUT2D eigenvalue weighted by atomic mass is 16.6. The SMILES string of the molecule is CC(C)N(CCNc1nc2ccccn2c1[N+](=O)[O-])C(C)C. The van der Waals surface area contributed by atoms with Crippen LogP contribution in [0.25, 0.3) is 5.65 Å². The van der Waals surface area contributed by atoms with E-state index in [0.29, 0.717) is 30.1 Å². The third-order valence-corrected chi connectivity index (χ3v) is 3.67. The molecule has 0 aliphatic heterocycles. The van der Waals surface area contributed by atoms with Gasteiger partial charge in [-0.2, -0.15) is 9.38 Å². The number of aromatic nitrogens is 2. The molecule has 0 aromatic carbocycles. The van der Waals surface area contributed by atoms with Crippen molar-refractivity contribution in [3.05, 3.63) is 34.5 Å². The molecule has 0 aliphatic rings. The summed E-state index contributed by atoms with van der Waals surface area (Å²) < 4.78 is 1.49. The number of nitrogens with zero attached hydrogens (tertiary/aromatic N) is 4. The number of imidazole rings is 1.